The van der Waals surface area contributed by atoms with Crippen molar-refractivity contribution in [2.45, 2.75) is 33.6 Å². The molecule has 0 saturated carbocycles. The van der Waals surface area contributed by atoms with Gasteiger partial charge in [-0.3, -0.25) is 0 Å². The van der Waals surface area contributed by atoms with Crippen LogP contribution in [-0.4, -0.2) is 13.1 Å². The maximum atomic E-state index is 5.87. The van der Waals surface area contributed by atoms with Crippen molar-refractivity contribution in [2.24, 2.45) is 0 Å². The minimum Gasteiger partial charge on any atom is -0.456 e. The number of furan rings is 1. The van der Waals surface area contributed by atoms with Crippen LogP contribution >= 0.6 is 0 Å². The van der Waals surface area contributed by atoms with E-state index >= 15 is 0 Å². The number of aryl methyl sites for hydroxylation is 1. The lowest BCUT2D eigenvalue weighted by molar-refractivity contribution is 0.598. The maximum absolute atomic E-state index is 5.87. The largest absolute Gasteiger partial charge is 0.456 e. The summed E-state index contributed by atoms with van der Waals surface area (Å²) in [6.07, 6.45) is 4.47. The number of allylic oxidation sites excluding steroid dienone is 1. The summed E-state index contributed by atoms with van der Waals surface area (Å²) in [5, 5.41) is 4.59. The van der Waals surface area contributed by atoms with Crippen molar-refractivity contribution in [1.29, 1.82) is 0 Å². The Hall–Kier alpha value is -1.54. The minimum atomic E-state index is 0.970. The van der Waals surface area contributed by atoms with Crippen LogP contribution in [0.2, 0.25) is 0 Å². The number of rotatable bonds is 6. The van der Waals surface area contributed by atoms with E-state index in [-0.39, 0.29) is 0 Å². The highest BCUT2D eigenvalue weighted by atomic mass is 16.3. The Morgan fingerprint density at radius 2 is 2.11 bits per heavy atom. The first-order chi connectivity index (χ1) is 9.20. The van der Waals surface area contributed by atoms with E-state index in [1.54, 1.807) is 0 Å². The molecule has 19 heavy (non-hydrogen) atoms. The van der Waals surface area contributed by atoms with E-state index < -0.39 is 0 Å². The quantitative estimate of drug-likeness (QED) is 0.769. The summed E-state index contributed by atoms with van der Waals surface area (Å²) < 4.78 is 5.87. The average Bonchev–Trinajstić information content (AvgIpc) is 2.81. The van der Waals surface area contributed by atoms with Gasteiger partial charge in [-0.2, -0.15) is 0 Å². The second kappa shape index (κ2) is 6.58. The van der Waals surface area contributed by atoms with E-state index in [0.29, 0.717) is 0 Å². The van der Waals surface area contributed by atoms with E-state index in [2.05, 4.69) is 50.4 Å². The lowest BCUT2D eigenvalue weighted by Gasteiger charge is -2.00. The van der Waals surface area contributed by atoms with Gasteiger partial charge in [0.05, 0.1) is 0 Å². The number of hydrogen-bond donors (Lipinski definition) is 1. The van der Waals surface area contributed by atoms with Gasteiger partial charge in [0.1, 0.15) is 11.3 Å². The molecular weight excluding hydrogens is 234 g/mol. The molecule has 1 aromatic carbocycles. The van der Waals surface area contributed by atoms with Crippen molar-refractivity contribution in [1.82, 2.24) is 5.32 Å². The second-order valence-electron chi connectivity index (χ2n) is 5.08. The predicted molar refractivity (Wildman–Crippen MR) is 82.4 cm³/mol. The van der Waals surface area contributed by atoms with Gasteiger partial charge in [-0.15, -0.1) is 0 Å². The molecule has 0 saturated heterocycles. The van der Waals surface area contributed by atoms with Crippen molar-refractivity contribution in [3.05, 3.63) is 41.7 Å². The molecule has 0 aliphatic carbocycles. The van der Waals surface area contributed by atoms with Gasteiger partial charge in [0.15, 0.2) is 0 Å². The minimum absolute atomic E-state index is 0.970. The molecule has 0 aliphatic heterocycles. The van der Waals surface area contributed by atoms with E-state index in [1.807, 2.05) is 6.07 Å². The molecule has 2 rings (SSSR count). The summed E-state index contributed by atoms with van der Waals surface area (Å²) in [4.78, 5) is 0. The third-order valence-electron chi connectivity index (χ3n) is 3.26. The molecule has 1 N–H and O–H groups in total. The summed E-state index contributed by atoms with van der Waals surface area (Å²) in [5.41, 5.74) is 3.45. The van der Waals surface area contributed by atoms with Gasteiger partial charge >= 0.3 is 0 Å². The van der Waals surface area contributed by atoms with Crippen LogP contribution in [0.4, 0.5) is 0 Å². The normalized spacial score (nSPS) is 12.3. The molecule has 102 valence electrons. The Morgan fingerprint density at radius 3 is 2.89 bits per heavy atom. The zero-order chi connectivity index (χ0) is 13.7. The van der Waals surface area contributed by atoms with Gasteiger partial charge in [0, 0.05) is 5.39 Å². The van der Waals surface area contributed by atoms with Crippen LogP contribution in [0.5, 0.6) is 0 Å². The fourth-order valence-corrected chi connectivity index (χ4v) is 2.15. The van der Waals surface area contributed by atoms with Gasteiger partial charge in [-0.1, -0.05) is 24.6 Å². The third-order valence-corrected chi connectivity index (χ3v) is 3.26. The molecule has 0 bridgehead atoms. The molecule has 2 aromatic rings. The van der Waals surface area contributed by atoms with E-state index in [0.717, 1.165) is 30.9 Å². The Balaban J connectivity index is 2.04. The fourth-order valence-electron chi connectivity index (χ4n) is 2.15. The molecule has 0 unspecified atom stereocenters. The van der Waals surface area contributed by atoms with Crippen molar-refractivity contribution in [3.63, 3.8) is 0 Å². The molecule has 0 amide bonds. The molecule has 1 heterocycles. The highest BCUT2D eigenvalue weighted by Gasteiger charge is 2.05. The van der Waals surface area contributed by atoms with Gasteiger partial charge in [-0.25, -0.2) is 0 Å². The first-order valence-corrected chi connectivity index (χ1v) is 7.08. The first-order valence-electron chi connectivity index (χ1n) is 7.08. The van der Waals surface area contributed by atoms with Gasteiger partial charge in [0.2, 0.25) is 0 Å². The molecular formula is C17H23NO. The molecule has 0 spiro atoms. The highest BCUT2D eigenvalue weighted by molar-refractivity contribution is 5.82. The molecule has 1 aromatic heterocycles. The molecule has 0 atom stereocenters. The highest BCUT2D eigenvalue weighted by Crippen LogP contribution is 2.25. The van der Waals surface area contributed by atoms with Gasteiger partial charge in [-0.05, 0) is 63.6 Å². The van der Waals surface area contributed by atoms with Crippen LogP contribution in [0.25, 0.3) is 16.5 Å². The first kappa shape index (κ1) is 13.9. The van der Waals surface area contributed by atoms with Gasteiger partial charge in [0.25, 0.3) is 0 Å². The van der Waals surface area contributed by atoms with Crippen LogP contribution in [0.3, 0.4) is 0 Å². The molecule has 0 radical (unpaired) electrons. The van der Waals surface area contributed by atoms with Gasteiger partial charge < -0.3 is 9.73 Å². The lowest BCUT2D eigenvalue weighted by atomic mass is 10.1. The molecule has 0 fully saturated rings. The van der Waals surface area contributed by atoms with Crippen molar-refractivity contribution in [3.8, 4) is 0 Å². The molecule has 0 aliphatic rings. The van der Waals surface area contributed by atoms with E-state index in [4.69, 9.17) is 4.42 Å². The van der Waals surface area contributed by atoms with Crippen LogP contribution in [-0.2, 0) is 0 Å². The molecule has 2 heteroatoms. The smallest absolute Gasteiger partial charge is 0.134 e. The number of nitrogens with one attached hydrogen (secondary N) is 1. The standard InChI is InChI=1S/C17H23NO/c1-4-9-18-10-5-6-14(3)17-12-15-11-13(2)7-8-16(15)19-17/h6-8,11-12,18H,4-5,9-10H2,1-3H3/b14-6-. The van der Waals surface area contributed by atoms with E-state index in [1.165, 1.54) is 22.9 Å². The summed E-state index contributed by atoms with van der Waals surface area (Å²) in [7, 11) is 0. The second-order valence-corrected chi connectivity index (χ2v) is 5.08. The SMILES string of the molecule is CCCNCC/C=C(/C)c1cc2cc(C)ccc2o1. The zero-order valence-corrected chi connectivity index (χ0v) is 12.1. The van der Waals surface area contributed by atoms with Crippen LogP contribution in [0.15, 0.2) is 34.8 Å². The summed E-state index contributed by atoms with van der Waals surface area (Å²) in [5.74, 6) is 0.982. The Kier molecular flexibility index (Phi) is 4.80. The maximum Gasteiger partial charge on any atom is 0.134 e. The lowest BCUT2D eigenvalue weighted by Crippen LogP contribution is -2.15. The van der Waals surface area contributed by atoms with Crippen LogP contribution < -0.4 is 5.32 Å². The van der Waals surface area contributed by atoms with Crippen LogP contribution in [0.1, 0.15) is 38.0 Å². The third kappa shape index (κ3) is 3.71. The van der Waals surface area contributed by atoms with E-state index in [9.17, 15) is 0 Å². The summed E-state index contributed by atoms with van der Waals surface area (Å²) >= 11 is 0. The monoisotopic (exact) mass is 257 g/mol. The van der Waals surface area contributed by atoms with Crippen molar-refractivity contribution >= 4 is 16.5 Å². The topological polar surface area (TPSA) is 25.2 Å². The zero-order valence-electron chi connectivity index (χ0n) is 12.1. The Labute approximate surface area is 115 Å². The predicted octanol–water partition coefficient (Wildman–Crippen LogP) is 4.53. The average molecular weight is 257 g/mol. The fraction of sp³-hybridized carbons (Fsp3) is 0.412. The number of hydrogen-bond acceptors (Lipinski definition) is 2. The van der Waals surface area contributed by atoms with Crippen molar-refractivity contribution in [2.75, 3.05) is 13.1 Å². The summed E-state index contributed by atoms with van der Waals surface area (Å²) in [6, 6.07) is 8.43. The Morgan fingerprint density at radius 1 is 1.26 bits per heavy atom. The number of benzene rings is 1. The Bertz CT molecular complexity index is 566. The summed E-state index contributed by atoms with van der Waals surface area (Å²) in [6.45, 7) is 8.53. The number of fused-ring (bicyclic) bond motifs is 1. The van der Waals surface area contributed by atoms with Crippen molar-refractivity contribution < 1.29 is 4.42 Å². The molecule has 2 nitrogen and oxygen atoms in total. The van der Waals surface area contributed by atoms with Crippen LogP contribution in [0, 0.1) is 6.92 Å².